The number of nitrogens with zero attached hydrogens (tertiary/aromatic N) is 2. The second-order valence-electron chi connectivity index (χ2n) is 4.32. The van der Waals surface area contributed by atoms with E-state index >= 15 is 0 Å². The van der Waals surface area contributed by atoms with Crippen LogP contribution in [0.1, 0.15) is 35.9 Å². The average Bonchev–Trinajstić information content (AvgIpc) is 2.73. The van der Waals surface area contributed by atoms with Gasteiger partial charge in [-0.05, 0) is 31.0 Å². The minimum atomic E-state index is 0.0244. The molecular formula is C13H17N3O2. The molecule has 0 amide bonds. The van der Waals surface area contributed by atoms with Crippen LogP contribution in [0.25, 0.3) is 0 Å². The molecule has 1 heterocycles. The van der Waals surface area contributed by atoms with Crippen molar-refractivity contribution in [3.05, 3.63) is 41.1 Å². The Labute approximate surface area is 106 Å². The Bertz CT molecular complexity index is 535. The molecule has 96 valence electrons. The lowest BCUT2D eigenvalue weighted by atomic mass is 10.1. The van der Waals surface area contributed by atoms with E-state index in [1.807, 2.05) is 32.0 Å². The van der Waals surface area contributed by atoms with Crippen molar-refractivity contribution < 1.29 is 9.15 Å². The van der Waals surface area contributed by atoms with Crippen molar-refractivity contribution in [3.8, 4) is 5.75 Å². The summed E-state index contributed by atoms with van der Waals surface area (Å²) in [5, 5.41) is 7.62. The van der Waals surface area contributed by atoms with E-state index in [4.69, 9.17) is 14.9 Å². The Morgan fingerprint density at radius 1 is 1.33 bits per heavy atom. The van der Waals surface area contributed by atoms with Gasteiger partial charge in [0.15, 0.2) is 6.61 Å². The lowest BCUT2D eigenvalue weighted by Crippen LogP contribution is -2.05. The van der Waals surface area contributed by atoms with Gasteiger partial charge in [0.25, 0.3) is 5.89 Å². The average molecular weight is 247 g/mol. The van der Waals surface area contributed by atoms with Gasteiger partial charge in [0.05, 0.1) is 0 Å². The second kappa shape index (κ2) is 5.18. The molecule has 0 unspecified atom stereocenters. The molecule has 2 N–H and O–H groups in total. The fraction of sp³-hybridized carbons (Fsp3) is 0.385. The number of benzene rings is 1. The van der Waals surface area contributed by atoms with Gasteiger partial charge in [-0.3, -0.25) is 0 Å². The molecule has 18 heavy (non-hydrogen) atoms. The second-order valence-corrected chi connectivity index (χ2v) is 4.32. The quantitative estimate of drug-likeness (QED) is 0.897. The highest BCUT2D eigenvalue weighted by molar-refractivity contribution is 5.37. The summed E-state index contributed by atoms with van der Waals surface area (Å²) in [6.45, 7) is 5.97. The van der Waals surface area contributed by atoms with Crippen molar-refractivity contribution in [2.75, 3.05) is 0 Å². The van der Waals surface area contributed by atoms with Gasteiger partial charge in [0.2, 0.25) is 5.89 Å². The molecule has 2 rings (SSSR count). The SMILES string of the molecule is Cc1nnc(COc2ccc([C@H](C)N)cc2C)o1. The molecule has 5 nitrogen and oxygen atoms in total. The topological polar surface area (TPSA) is 74.2 Å². The summed E-state index contributed by atoms with van der Waals surface area (Å²) in [4.78, 5) is 0. The summed E-state index contributed by atoms with van der Waals surface area (Å²) < 4.78 is 10.9. The smallest absolute Gasteiger partial charge is 0.253 e. The summed E-state index contributed by atoms with van der Waals surface area (Å²) in [6, 6.07) is 5.93. The van der Waals surface area contributed by atoms with Crippen molar-refractivity contribution in [3.63, 3.8) is 0 Å². The summed E-state index contributed by atoms with van der Waals surface area (Å²) in [5.41, 5.74) is 7.96. The first-order valence-electron chi connectivity index (χ1n) is 5.84. The normalized spacial score (nSPS) is 12.4. The molecule has 0 aliphatic carbocycles. The van der Waals surface area contributed by atoms with E-state index in [1.165, 1.54) is 0 Å². The van der Waals surface area contributed by atoms with E-state index in [1.54, 1.807) is 6.92 Å². The highest BCUT2D eigenvalue weighted by Crippen LogP contribution is 2.22. The molecule has 5 heteroatoms. The van der Waals surface area contributed by atoms with Crippen LogP contribution in [0, 0.1) is 13.8 Å². The van der Waals surface area contributed by atoms with E-state index in [0.717, 1.165) is 16.9 Å². The number of aromatic nitrogens is 2. The molecular weight excluding hydrogens is 230 g/mol. The Morgan fingerprint density at radius 3 is 2.67 bits per heavy atom. The molecule has 1 atom stereocenters. The van der Waals surface area contributed by atoms with Crippen molar-refractivity contribution in [1.29, 1.82) is 0 Å². The molecule has 2 aromatic rings. The van der Waals surface area contributed by atoms with E-state index in [0.29, 0.717) is 11.8 Å². The lowest BCUT2D eigenvalue weighted by Gasteiger charge is -2.11. The van der Waals surface area contributed by atoms with Gasteiger partial charge >= 0.3 is 0 Å². The predicted molar refractivity (Wildman–Crippen MR) is 67.1 cm³/mol. The fourth-order valence-electron chi connectivity index (χ4n) is 1.65. The van der Waals surface area contributed by atoms with Gasteiger partial charge < -0.3 is 14.9 Å². The highest BCUT2D eigenvalue weighted by atomic mass is 16.5. The molecule has 0 saturated heterocycles. The largest absolute Gasteiger partial charge is 0.484 e. The van der Waals surface area contributed by atoms with Crippen LogP contribution in [0.15, 0.2) is 22.6 Å². The summed E-state index contributed by atoms with van der Waals surface area (Å²) >= 11 is 0. The predicted octanol–water partition coefficient (Wildman–Crippen LogP) is 2.29. The maximum atomic E-state index is 5.83. The maximum Gasteiger partial charge on any atom is 0.253 e. The first-order chi connectivity index (χ1) is 8.56. The van der Waals surface area contributed by atoms with Crippen molar-refractivity contribution >= 4 is 0 Å². The number of nitrogens with two attached hydrogens (primary N) is 1. The van der Waals surface area contributed by atoms with Crippen molar-refractivity contribution in [2.24, 2.45) is 5.73 Å². The summed E-state index contributed by atoms with van der Waals surface area (Å²) in [6.07, 6.45) is 0. The monoisotopic (exact) mass is 247 g/mol. The molecule has 1 aromatic carbocycles. The summed E-state index contributed by atoms with van der Waals surface area (Å²) in [7, 11) is 0. The molecule has 0 fully saturated rings. The number of aryl methyl sites for hydroxylation is 2. The van der Waals surface area contributed by atoms with E-state index in [9.17, 15) is 0 Å². The third-order valence-electron chi connectivity index (χ3n) is 2.64. The zero-order valence-corrected chi connectivity index (χ0v) is 10.8. The van der Waals surface area contributed by atoms with Crippen LogP contribution in [-0.4, -0.2) is 10.2 Å². The number of ether oxygens (including phenoxy) is 1. The zero-order chi connectivity index (χ0) is 13.1. The van der Waals surface area contributed by atoms with Crippen LogP contribution in [0.3, 0.4) is 0 Å². The van der Waals surface area contributed by atoms with E-state index in [-0.39, 0.29) is 12.6 Å². The standard InChI is InChI=1S/C13H17N3O2/c1-8-6-11(9(2)14)4-5-12(8)17-7-13-16-15-10(3)18-13/h4-6,9H,7,14H2,1-3H3/t9-/m0/s1. The highest BCUT2D eigenvalue weighted by Gasteiger charge is 2.07. The van der Waals surface area contributed by atoms with Crippen LogP contribution in [0.5, 0.6) is 5.75 Å². The Balaban J connectivity index is 2.05. The van der Waals surface area contributed by atoms with Gasteiger partial charge in [0, 0.05) is 13.0 Å². The van der Waals surface area contributed by atoms with Gasteiger partial charge in [-0.1, -0.05) is 12.1 Å². The molecule has 0 aliphatic rings. The van der Waals surface area contributed by atoms with Crippen molar-refractivity contribution in [1.82, 2.24) is 10.2 Å². The van der Waals surface area contributed by atoms with Gasteiger partial charge in [-0.15, -0.1) is 10.2 Å². The number of rotatable bonds is 4. The molecule has 1 aromatic heterocycles. The Kier molecular flexibility index (Phi) is 3.62. The van der Waals surface area contributed by atoms with Crippen LogP contribution in [0.2, 0.25) is 0 Å². The van der Waals surface area contributed by atoms with Crippen LogP contribution >= 0.6 is 0 Å². The van der Waals surface area contributed by atoms with Crippen molar-refractivity contribution in [2.45, 2.75) is 33.4 Å². The van der Waals surface area contributed by atoms with Gasteiger partial charge in [-0.2, -0.15) is 0 Å². The fourth-order valence-corrected chi connectivity index (χ4v) is 1.65. The first-order valence-corrected chi connectivity index (χ1v) is 5.84. The minimum absolute atomic E-state index is 0.0244. The van der Waals surface area contributed by atoms with Gasteiger partial charge in [0.1, 0.15) is 5.75 Å². The van der Waals surface area contributed by atoms with Crippen LogP contribution in [-0.2, 0) is 6.61 Å². The van der Waals surface area contributed by atoms with Crippen LogP contribution in [0.4, 0.5) is 0 Å². The first kappa shape index (κ1) is 12.6. The van der Waals surface area contributed by atoms with E-state index < -0.39 is 0 Å². The molecule has 0 radical (unpaired) electrons. The number of hydrogen-bond donors (Lipinski definition) is 1. The minimum Gasteiger partial charge on any atom is -0.484 e. The lowest BCUT2D eigenvalue weighted by molar-refractivity contribution is 0.259. The van der Waals surface area contributed by atoms with Crippen LogP contribution < -0.4 is 10.5 Å². The Hall–Kier alpha value is -1.88. The third kappa shape index (κ3) is 2.87. The molecule has 0 spiro atoms. The van der Waals surface area contributed by atoms with E-state index in [2.05, 4.69) is 10.2 Å². The Morgan fingerprint density at radius 2 is 2.11 bits per heavy atom. The maximum absolute atomic E-state index is 5.83. The molecule has 0 aliphatic heterocycles. The van der Waals surface area contributed by atoms with Gasteiger partial charge in [-0.25, -0.2) is 0 Å². The zero-order valence-electron chi connectivity index (χ0n) is 10.8. The molecule has 0 bridgehead atoms. The molecule has 0 saturated carbocycles. The third-order valence-corrected chi connectivity index (χ3v) is 2.64. The number of hydrogen-bond acceptors (Lipinski definition) is 5. The summed E-state index contributed by atoms with van der Waals surface area (Å²) in [5.74, 6) is 1.82.